The zero-order chi connectivity index (χ0) is 14.9. The Labute approximate surface area is 125 Å². The van der Waals surface area contributed by atoms with Gasteiger partial charge in [-0.05, 0) is 36.4 Å². The highest BCUT2D eigenvalue weighted by atomic mass is 31.1. The van der Waals surface area contributed by atoms with Crippen LogP contribution in [-0.4, -0.2) is 5.11 Å². The molecule has 0 saturated heterocycles. The van der Waals surface area contributed by atoms with Crippen LogP contribution in [0, 0.1) is 0 Å². The minimum absolute atomic E-state index is 0.322. The van der Waals surface area contributed by atoms with Gasteiger partial charge in [0, 0.05) is 0 Å². The number of hydrogen-bond acceptors (Lipinski definition) is 2. The van der Waals surface area contributed by atoms with Gasteiger partial charge in [0.05, 0.1) is 0 Å². The number of phenols is 1. The summed E-state index contributed by atoms with van der Waals surface area (Å²) < 4.78 is 12.0. The standard InChI is InChI=1S/C12H10OP.C6H6O/c13-14(11-7-3-1-4-8-11)12-9-5-2-6-10-12;7-6-4-2-1-3-5-6/h1-10H;1-5,7H/q+1;. The minimum Gasteiger partial charge on any atom is -0.508 e. The van der Waals surface area contributed by atoms with Gasteiger partial charge in [0.25, 0.3) is 0 Å². The third-order valence-electron chi connectivity index (χ3n) is 2.74. The van der Waals surface area contributed by atoms with Crippen molar-refractivity contribution in [2.24, 2.45) is 0 Å². The first kappa shape index (κ1) is 15.0. The molecule has 1 N–H and O–H groups in total. The summed E-state index contributed by atoms with van der Waals surface area (Å²) in [5, 5.41) is 10.4. The molecule has 104 valence electrons. The van der Waals surface area contributed by atoms with Crippen LogP contribution < -0.4 is 10.6 Å². The van der Waals surface area contributed by atoms with Crippen LogP contribution in [0.15, 0.2) is 91.0 Å². The van der Waals surface area contributed by atoms with Crippen LogP contribution in [0.5, 0.6) is 5.75 Å². The molecule has 0 saturated carbocycles. The first-order valence-corrected chi connectivity index (χ1v) is 7.85. The van der Waals surface area contributed by atoms with E-state index in [1.807, 2.05) is 66.7 Å². The maximum atomic E-state index is 12.0. The Morgan fingerprint density at radius 1 is 0.571 bits per heavy atom. The van der Waals surface area contributed by atoms with Crippen LogP contribution in [0.25, 0.3) is 0 Å². The summed E-state index contributed by atoms with van der Waals surface area (Å²) in [7, 11) is -1.42. The van der Waals surface area contributed by atoms with Crippen molar-refractivity contribution in [2.75, 3.05) is 0 Å². The molecule has 0 amide bonds. The van der Waals surface area contributed by atoms with Gasteiger partial charge in [0.2, 0.25) is 0 Å². The van der Waals surface area contributed by atoms with E-state index < -0.39 is 7.80 Å². The molecule has 0 fully saturated rings. The second kappa shape index (κ2) is 7.98. The van der Waals surface area contributed by atoms with Crippen molar-refractivity contribution in [3.05, 3.63) is 91.0 Å². The van der Waals surface area contributed by atoms with Gasteiger partial charge >= 0.3 is 7.80 Å². The quantitative estimate of drug-likeness (QED) is 0.729. The van der Waals surface area contributed by atoms with E-state index in [1.165, 1.54) is 0 Å². The van der Waals surface area contributed by atoms with E-state index in [0.717, 1.165) is 10.6 Å². The van der Waals surface area contributed by atoms with Crippen molar-refractivity contribution in [1.29, 1.82) is 0 Å². The van der Waals surface area contributed by atoms with Crippen molar-refractivity contribution in [3.8, 4) is 5.75 Å². The van der Waals surface area contributed by atoms with Gasteiger partial charge < -0.3 is 5.11 Å². The molecule has 0 aliphatic carbocycles. The van der Waals surface area contributed by atoms with E-state index in [1.54, 1.807) is 24.3 Å². The van der Waals surface area contributed by atoms with E-state index in [-0.39, 0.29) is 0 Å². The Morgan fingerprint density at radius 2 is 0.905 bits per heavy atom. The Hall–Kier alpha value is -2.44. The normalized spacial score (nSPS) is 9.33. The number of hydrogen-bond donors (Lipinski definition) is 1. The van der Waals surface area contributed by atoms with Gasteiger partial charge in [0.1, 0.15) is 5.75 Å². The fraction of sp³-hybridized carbons (Fsp3) is 0. The summed E-state index contributed by atoms with van der Waals surface area (Å²) in [6.07, 6.45) is 0. The van der Waals surface area contributed by atoms with Crippen LogP contribution in [0.3, 0.4) is 0 Å². The number of phenolic OH excluding ortho intramolecular Hbond substituents is 1. The first-order valence-electron chi connectivity index (χ1n) is 6.59. The Morgan fingerprint density at radius 3 is 1.19 bits per heavy atom. The van der Waals surface area contributed by atoms with E-state index in [4.69, 9.17) is 5.11 Å². The predicted octanol–water partition coefficient (Wildman–Crippen LogP) is 3.86. The largest absolute Gasteiger partial charge is 0.508 e. The van der Waals surface area contributed by atoms with E-state index in [9.17, 15) is 4.57 Å². The van der Waals surface area contributed by atoms with Gasteiger partial charge in [-0.25, -0.2) is 0 Å². The average molecular weight is 295 g/mol. The van der Waals surface area contributed by atoms with Crippen LogP contribution in [0.4, 0.5) is 0 Å². The number of benzene rings is 3. The number of aromatic hydroxyl groups is 1. The molecular weight excluding hydrogens is 279 g/mol. The van der Waals surface area contributed by atoms with Crippen LogP contribution in [-0.2, 0) is 4.57 Å². The van der Waals surface area contributed by atoms with E-state index >= 15 is 0 Å². The smallest absolute Gasteiger partial charge is 0.415 e. The highest BCUT2D eigenvalue weighted by Crippen LogP contribution is 2.18. The summed E-state index contributed by atoms with van der Waals surface area (Å²) in [6, 6.07) is 27.8. The number of para-hydroxylation sites is 1. The highest BCUT2D eigenvalue weighted by Gasteiger charge is 2.21. The van der Waals surface area contributed by atoms with E-state index in [2.05, 4.69) is 0 Å². The van der Waals surface area contributed by atoms with Gasteiger partial charge in [-0.15, -0.1) is 0 Å². The predicted molar refractivity (Wildman–Crippen MR) is 87.9 cm³/mol. The van der Waals surface area contributed by atoms with Crippen LogP contribution in [0.2, 0.25) is 0 Å². The fourth-order valence-electron chi connectivity index (χ4n) is 1.70. The second-order valence-electron chi connectivity index (χ2n) is 4.30. The fourth-order valence-corrected chi connectivity index (χ4v) is 2.89. The lowest BCUT2D eigenvalue weighted by atomic mass is 10.3. The van der Waals surface area contributed by atoms with Crippen molar-refractivity contribution in [1.82, 2.24) is 0 Å². The molecular formula is C18H16O2P+. The lowest BCUT2D eigenvalue weighted by molar-refractivity contribution is 0.475. The molecule has 3 aromatic rings. The summed E-state index contributed by atoms with van der Waals surface area (Å²) >= 11 is 0. The molecule has 0 unspecified atom stereocenters. The topological polar surface area (TPSA) is 37.3 Å². The zero-order valence-electron chi connectivity index (χ0n) is 11.5. The molecule has 21 heavy (non-hydrogen) atoms. The molecule has 0 aromatic heterocycles. The van der Waals surface area contributed by atoms with Crippen molar-refractivity contribution in [3.63, 3.8) is 0 Å². The molecule has 0 aliphatic rings. The van der Waals surface area contributed by atoms with Crippen LogP contribution in [0.1, 0.15) is 0 Å². The SMILES string of the molecule is O=[P+](c1ccccc1)c1ccccc1.Oc1ccccc1. The Kier molecular flexibility index (Phi) is 5.69. The van der Waals surface area contributed by atoms with E-state index in [0.29, 0.717) is 5.75 Å². The third-order valence-corrected chi connectivity index (χ3v) is 4.27. The van der Waals surface area contributed by atoms with Gasteiger partial charge in [-0.1, -0.05) is 59.2 Å². The summed E-state index contributed by atoms with van der Waals surface area (Å²) in [6.45, 7) is 0. The van der Waals surface area contributed by atoms with Gasteiger partial charge in [-0.2, -0.15) is 0 Å². The maximum absolute atomic E-state index is 12.0. The zero-order valence-corrected chi connectivity index (χ0v) is 12.4. The molecule has 0 bridgehead atoms. The monoisotopic (exact) mass is 295 g/mol. The molecule has 0 heterocycles. The molecule has 0 aliphatic heterocycles. The average Bonchev–Trinajstić information content (AvgIpc) is 2.57. The minimum atomic E-state index is -1.42. The maximum Gasteiger partial charge on any atom is 0.415 e. The Balaban J connectivity index is 0.000000194. The molecule has 3 heteroatoms. The third kappa shape index (κ3) is 4.87. The summed E-state index contributed by atoms with van der Waals surface area (Å²) in [4.78, 5) is 0. The molecule has 0 spiro atoms. The molecule has 0 radical (unpaired) electrons. The van der Waals surface area contributed by atoms with Gasteiger partial charge in [0.15, 0.2) is 10.6 Å². The molecule has 0 atom stereocenters. The second-order valence-corrected chi connectivity index (χ2v) is 5.92. The van der Waals surface area contributed by atoms with Gasteiger partial charge in [-0.3, -0.25) is 0 Å². The first-order chi connectivity index (χ1) is 10.3. The van der Waals surface area contributed by atoms with Crippen molar-refractivity contribution in [2.45, 2.75) is 0 Å². The molecule has 3 rings (SSSR count). The summed E-state index contributed by atoms with van der Waals surface area (Å²) in [5.41, 5.74) is 0. The molecule has 2 nitrogen and oxygen atoms in total. The summed E-state index contributed by atoms with van der Waals surface area (Å²) in [5.74, 6) is 0.322. The lowest BCUT2D eigenvalue weighted by Crippen LogP contribution is -2.04. The van der Waals surface area contributed by atoms with Crippen LogP contribution >= 0.6 is 7.80 Å². The lowest BCUT2D eigenvalue weighted by Gasteiger charge is -1.87. The number of rotatable bonds is 2. The Bertz CT molecular complexity index is 626. The van der Waals surface area contributed by atoms with Crippen molar-refractivity contribution >= 4 is 18.4 Å². The highest BCUT2D eigenvalue weighted by molar-refractivity contribution is 7.61. The molecule has 3 aromatic carbocycles. The van der Waals surface area contributed by atoms with Crippen molar-refractivity contribution < 1.29 is 9.67 Å².